The molecule has 0 spiro atoms. The van der Waals surface area contributed by atoms with Gasteiger partial charge in [0.25, 0.3) is 0 Å². The van der Waals surface area contributed by atoms with E-state index in [1.807, 2.05) is 6.07 Å². The average Bonchev–Trinajstić information content (AvgIpc) is 3.02. The van der Waals surface area contributed by atoms with Crippen molar-refractivity contribution in [3.05, 3.63) is 30.0 Å². The molecule has 0 aliphatic carbocycles. The third-order valence-electron chi connectivity index (χ3n) is 4.95. The van der Waals surface area contributed by atoms with Gasteiger partial charge >= 0.3 is 0 Å². The fraction of sp³-hybridized carbons (Fsp3) is 0.579. The largest absolute Gasteiger partial charge is 0.497 e. The highest BCUT2D eigenvalue weighted by molar-refractivity contribution is 5.86. The molecular formula is C19H31Cl2N3O. The van der Waals surface area contributed by atoms with E-state index >= 15 is 0 Å². The van der Waals surface area contributed by atoms with E-state index in [1.54, 1.807) is 7.11 Å². The van der Waals surface area contributed by atoms with Crippen LogP contribution in [0.3, 0.4) is 0 Å². The van der Waals surface area contributed by atoms with Gasteiger partial charge in [-0.05, 0) is 30.2 Å². The highest BCUT2D eigenvalue weighted by atomic mass is 35.5. The van der Waals surface area contributed by atoms with E-state index in [0.717, 1.165) is 31.9 Å². The van der Waals surface area contributed by atoms with Gasteiger partial charge < -0.3 is 15.0 Å². The first-order valence-corrected chi connectivity index (χ1v) is 8.93. The SMILES string of the molecule is CCCCC[C@H](c1c[nH]c2ccc(OC)cc12)N1CCNCC1.Cl.Cl. The number of fused-ring (bicyclic) bond motifs is 1. The van der Waals surface area contributed by atoms with Gasteiger partial charge in [-0.15, -0.1) is 24.8 Å². The van der Waals surface area contributed by atoms with E-state index in [-0.39, 0.29) is 24.8 Å². The average molecular weight is 388 g/mol. The van der Waals surface area contributed by atoms with Crippen molar-refractivity contribution in [2.24, 2.45) is 0 Å². The fourth-order valence-electron chi connectivity index (χ4n) is 3.64. The molecule has 3 rings (SSSR count). The number of H-pyrrole nitrogens is 1. The third kappa shape index (κ3) is 5.27. The summed E-state index contributed by atoms with van der Waals surface area (Å²) >= 11 is 0. The van der Waals surface area contributed by atoms with E-state index in [4.69, 9.17) is 4.74 Å². The number of aromatic amines is 1. The number of nitrogens with zero attached hydrogens (tertiary/aromatic N) is 1. The molecule has 1 aliphatic heterocycles. The second kappa shape index (κ2) is 10.9. The predicted octanol–water partition coefficient (Wildman–Crippen LogP) is 4.55. The Bertz CT molecular complexity index is 626. The summed E-state index contributed by atoms with van der Waals surface area (Å²) in [5.74, 6) is 0.936. The zero-order valence-electron chi connectivity index (χ0n) is 15.2. The fourth-order valence-corrected chi connectivity index (χ4v) is 3.64. The van der Waals surface area contributed by atoms with Crippen molar-refractivity contribution < 1.29 is 4.74 Å². The highest BCUT2D eigenvalue weighted by Crippen LogP contribution is 2.34. The smallest absolute Gasteiger partial charge is 0.119 e. The number of methoxy groups -OCH3 is 1. The Morgan fingerprint density at radius 1 is 1.16 bits per heavy atom. The van der Waals surface area contributed by atoms with Gasteiger partial charge in [0.15, 0.2) is 0 Å². The number of ether oxygens (including phenoxy) is 1. The lowest BCUT2D eigenvalue weighted by Gasteiger charge is -2.35. The molecule has 1 aromatic carbocycles. The van der Waals surface area contributed by atoms with Gasteiger partial charge in [-0.2, -0.15) is 0 Å². The number of benzene rings is 1. The second-order valence-corrected chi connectivity index (χ2v) is 6.45. The van der Waals surface area contributed by atoms with Crippen molar-refractivity contribution in [2.75, 3.05) is 33.3 Å². The lowest BCUT2D eigenvalue weighted by molar-refractivity contribution is 0.163. The first kappa shape index (κ1) is 22.1. The Labute approximate surface area is 163 Å². The van der Waals surface area contributed by atoms with Crippen LogP contribution in [-0.4, -0.2) is 43.2 Å². The molecule has 0 bridgehead atoms. The molecule has 2 heterocycles. The summed E-state index contributed by atoms with van der Waals surface area (Å²) in [4.78, 5) is 6.10. The normalized spacial score (nSPS) is 16.1. The van der Waals surface area contributed by atoms with Crippen molar-refractivity contribution >= 4 is 35.7 Å². The number of nitrogens with one attached hydrogen (secondary N) is 2. The Morgan fingerprint density at radius 2 is 1.92 bits per heavy atom. The number of rotatable bonds is 7. The molecule has 25 heavy (non-hydrogen) atoms. The molecule has 0 amide bonds. The van der Waals surface area contributed by atoms with Crippen molar-refractivity contribution in [1.29, 1.82) is 0 Å². The van der Waals surface area contributed by atoms with Gasteiger partial charge in [-0.1, -0.05) is 26.2 Å². The molecule has 4 nitrogen and oxygen atoms in total. The molecule has 1 fully saturated rings. The summed E-state index contributed by atoms with van der Waals surface area (Å²) in [5, 5.41) is 4.78. The van der Waals surface area contributed by atoms with Crippen LogP contribution in [-0.2, 0) is 0 Å². The van der Waals surface area contributed by atoms with Gasteiger partial charge in [0.2, 0.25) is 0 Å². The molecule has 0 saturated carbocycles. The summed E-state index contributed by atoms with van der Waals surface area (Å²) < 4.78 is 5.43. The van der Waals surface area contributed by atoms with Gasteiger partial charge in [-0.3, -0.25) is 4.90 Å². The van der Waals surface area contributed by atoms with Gasteiger partial charge in [0.1, 0.15) is 5.75 Å². The number of aromatic nitrogens is 1. The second-order valence-electron chi connectivity index (χ2n) is 6.45. The van der Waals surface area contributed by atoms with Crippen LogP contribution in [0.1, 0.15) is 44.2 Å². The molecule has 2 N–H and O–H groups in total. The molecule has 0 unspecified atom stereocenters. The van der Waals surface area contributed by atoms with Crippen LogP contribution in [0.15, 0.2) is 24.4 Å². The molecule has 142 valence electrons. The molecular weight excluding hydrogens is 357 g/mol. The van der Waals surface area contributed by atoms with E-state index in [9.17, 15) is 0 Å². The minimum atomic E-state index is 0. The molecule has 2 aromatic rings. The van der Waals surface area contributed by atoms with Gasteiger partial charge in [-0.25, -0.2) is 0 Å². The van der Waals surface area contributed by atoms with Crippen molar-refractivity contribution in [3.8, 4) is 5.75 Å². The molecule has 1 saturated heterocycles. The predicted molar refractivity (Wildman–Crippen MR) is 111 cm³/mol. The third-order valence-corrected chi connectivity index (χ3v) is 4.95. The molecule has 1 aromatic heterocycles. The summed E-state index contributed by atoms with van der Waals surface area (Å²) in [7, 11) is 1.74. The first-order chi connectivity index (χ1) is 11.3. The zero-order chi connectivity index (χ0) is 16.1. The van der Waals surface area contributed by atoms with Crippen LogP contribution >= 0.6 is 24.8 Å². The van der Waals surface area contributed by atoms with Crippen LogP contribution in [0.25, 0.3) is 10.9 Å². The lowest BCUT2D eigenvalue weighted by Crippen LogP contribution is -2.45. The van der Waals surface area contributed by atoms with Gasteiger partial charge in [0, 0.05) is 49.3 Å². The lowest BCUT2D eigenvalue weighted by atomic mass is 9.97. The number of hydrogen-bond donors (Lipinski definition) is 2. The summed E-state index contributed by atoms with van der Waals surface area (Å²) in [5.41, 5.74) is 2.63. The van der Waals surface area contributed by atoms with Crippen LogP contribution in [0.5, 0.6) is 5.75 Å². The monoisotopic (exact) mass is 387 g/mol. The van der Waals surface area contributed by atoms with Crippen molar-refractivity contribution in [3.63, 3.8) is 0 Å². The maximum absolute atomic E-state index is 5.43. The van der Waals surface area contributed by atoms with E-state index in [0.29, 0.717) is 6.04 Å². The maximum atomic E-state index is 5.43. The topological polar surface area (TPSA) is 40.3 Å². The Morgan fingerprint density at radius 3 is 2.60 bits per heavy atom. The minimum absolute atomic E-state index is 0. The quantitative estimate of drug-likeness (QED) is 0.684. The summed E-state index contributed by atoms with van der Waals surface area (Å²) in [6.45, 7) is 6.73. The van der Waals surface area contributed by atoms with E-state index < -0.39 is 0 Å². The summed E-state index contributed by atoms with van der Waals surface area (Å²) in [6, 6.07) is 6.83. The molecule has 6 heteroatoms. The number of halogens is 2. The molecule has 1 atom stereocenters. The zero-order valence-corrected chi connectivity index (χ0v) is 16.8. The minimum Gasteiger partial charge on any atom is -0.497 e. The Balaban J connectivity index is 0.00000156. The number of hydrogen-bond acceptors (Lipinski definition) is 3. The van der Waals surface area contributed by atoms with E-state index in [1.165, 1.54) is 42.1 Å². The molecule has 0 radical (unpaired) electrons. The maximum Gasteiger partial charge on any atom is 0.119 e. The standard InChI is InChI=1S/C19H29N3O.2ClH/c1-3-4-5-6-19(22-11-9-20-10-12-22)17-14-21-18-8-7-15(23-2)13-16(17)18;;/h7-8,13-14,19-21H,3-6,9-12H2,1-2H3;2*1H/t19-;;/m1../s1. The first-order valence-electron chi connectivity index (χ1n) is 8.93. The van der Waals surface area contributed by atoms with Crippen LogP contribution in [0.4, 0.5) is 0 Å². The number of piperazine rings is 1. The number of unbranched alkanes of at least 4 members (excludes halogenated alkanes) is 2. The van der Waals surface area contributed by atoms with Crippen molar-refractivity contribution in [2.45, 2.75) is 38.6 Å². The van der Waals surface area contributed by atoms with Crippen LogP contribution in [0, 0.1) is 0 Å². The van der Waals surface area contributed by atoms with Crippen molar-refractivity contribution in [1.82, 2.24) is 15.2 Å². The van der Waals surface area contributed by atoms with E-state index in [2.05, 4.69) is 40.5 Å². The van der Waals surface area contributed by atoms with Crippen LogP contribution < -0.4 is 10.1 Å². The summed E-state index contributed by atoms with van der Waals surface area (Å²) in [6.07, 6.45) is 7.33. The highest BCUT2D eigenvalue weighted by Gasteiger charge is 2.24. The molecule has 1 aliphatic rings. The Kier molecular flexibility index (Phi) is 9.65. The van der Waals surface area contributed by atoms with Crippen LogP contribution in [0.2, 0.25) is 0 Å². The Hall–Kier alpha value is -0.940. The van der Waals surface area contributed by atoms with Gasteiger partial charge in [0.05, 0.1) is 7.11 Å².